The van der Waals surface area contributed by atoms with Crippen LogP contribution in [0.4, 0.5) is 0 Å². The van der Waals surface area contributed by atoms with Gasteiger partial charge in [-0.05, 0) is 19.3 Å². The summed E-state index contributed by atoms with van der Waals surface area (Å²) in [5.41, 5.74) is 5.54. The van der Waals surface area contributed by atoms with Crippen LogP contribution >= 0.6 is 0 Å². The van der Waals surface area contributed by atoms with Gasteiger partial charge in [0.1, 0.15) is 0 Å². The van der Waals surface area contributed by atoms with Gasteiger partial charge in [-0.2, -0.15) is 0 Å². The molecule has 1 N–H and O–H groups in total. The first-order valence-corrected chi connectivity index (χ1v) is 7.44. The summed E-state index contributed by atoms with van der Waals surface area (Å²) in [6.07, 6.45) is 9.73. The number of rotatable bonds is 2. The molecule has 2 nitrogen and oxygen atoms in total. The van der Waals surface area contributed by atoms with Crippen LogP contribution < -0.4 is 10.4 Å². The molecule has 1 saturated carbocycles. The Morgan fingerprint density at radius 1 is 0.944 bits per heavy atom. The van der Waals surface area contributed by atoms with Crippen molar-refractivity contribution in [1.82, 2.24) is 10.4 Å². The van der Waals surface area contributed by atoms with Crippen molar-refractivity contribution in [2.45, 2.75) is 57.0 Å². The number of hydrazine groups is 1. The maximum absolute atomic E-state index is 3.66. The summed E-state index contributed by atoms with van der Waals surface area (Å²) >= 11 is 0. The van der Waals surface area contributed by atoms with Crippen molar-refractivity contribution in [1.29, 1.82) is 0 Å². The monoisotopic (exact) mass is 244 g/mol. The van der Waals surface area contributed by atoms with Crippen LogP contribution in [0.1, 0.15) is 50.5 Å². The predicted octanol–water partition coefficient (Wildman–Crippen LogP) is 3.33. The summed E-state index contributed by atoms with van der Waals surface area (Å²) in [5.74, 6) is 0. The fourth-order valence-electron chi connectivity index (χ4n) is 3.65. The lowest BCUT2D eigenvalue weighted by Crippen LogP contribution is -2.63. The Bertz CT molecular complexity index is 360. The summed E-state index contributed by atoms with van der Waals surface area (Å²) in [6.45, 7) is 2.20. The van der Waals surface area contributed by atoms with Gasteiger partial charge in [0.2, 0.25) is 0 Å². The van der Waals surface area contributed by atoms with Gasteiger partial charge in [0.25, 0.3) is 0 Å². The third-order valence-corrected chi connectivity index (χ3v) is 4.66. The molecule has 1 radical (unpaired) electrons. The quantitative estimate of drug-likeness (QED) is 0.790. The highest BCUT2D eigenvalue weighted by Gasteiger charge is 2.48. The summed E-state index contributed by atoms with van der Waals surface area (Å²) in [5, 5.41) is 2.56. The standard InChI is InChI=1S/C16H24N2/c1-3-8-15(9-4-1)14-18-16(12-7-13-17-18)10-5-2-6-11-16/h1,3-4,8-9,17H,2,5-7,10-14H2/q+1. The first-order valence-electron chi connectivity index (χ1n) is 7.44. The second kappa shape index (κ2) is 5.41. The Balaban J connectivity index is 1.75. The molecule has 2 fully saturated rings. The lowest BCUT2D eigenvalue weighted by Gasteiger charge is -2.40. The number of benzene rings is 1. The minimum atomic E-state index is 0.451. The molecule has 1 aromatic rings. The van der Waals surface area contributed by atoms with Gasteiger partial charge in [0, 0.05) is 24.8 Å². The fourth-order valence-corrected chi connectivity index (χ4v) is 3.65. The van der Waals surface area contributed by atoms with E-state index in [2.05, 4.69) is 40.8 Å². The molecule has 1 aliphatic carbocycles. The van der Waals surface area contributed by atoms with Crippen LogP contribution in [0.2, 0.25) is 0 Å². The van der Waals surface area contributed by atoms with Crippen LogP contribution in [0, 0.1) is 0 Å². The van der Waals surface area contributed by atoms with Crippen molar-refractivity contribution >= 4 is 0 Å². The van der Waals surface area contributed by atoms with Gasteiger partial charge in [0.15, 0.2) is 12.1 Å². The van der Waals surface area contributed by atoms with Gasteiger partial charge < -0.3 is 0 Å². The van der Waals surface area contributed by atoms with Crippen LogP contribution in [-0.2, 0) is 6.54 Å². The van der Waals surface area contributed by atoms with E-state index in [0.717, 1.165) is 13.1 Å². The number of hydrogen-bond donors (Lipinski definition) is 1. The lowest BCUT2D eigenvalue weighted by molar-refractivity contribution is 0.0480. The van der Waals surface area contributed by atoms with Crippen molar-refractivity contribution in [3.8, 4) is 0 Å². The molecule has 0 amide bonds. The first kappa shape index (κ1) is 12.2. The summed E-state index contributed by atoms with van der Waals surface area (Å²) in [6, 6.07) is 10.9. The normalized spacial score (nSPS) is 24.2. The van der Waals surface area contributed by atoms with E-state index in [1.54, 1.807) is 0 Å². The van der Waals surface area contributed by atoms with Gasteiger partial charge in [-0.15, -0.1) is 5.43 Å². The molecule has 0 unspecified atom stereocenters. The maximum atomic E-state index is 3.66. The molecule has 1 spiro atoms. The number of nitrogens with one attached hydrogen (secondary N) is 1. The zero-order chi connectivity index (χ0) is 12.3. The van der Waals surface area contributed by atoms with E-state index >= 15 is 0 Å². The van der Waals surface area contributed by atoms with E-state index in [-0.39, 0.29) is 0 Å². The van der Waals surface area contributed by atoms with E-state index in [0.29, 0.717) is 5.54 Å². The Kier molecular flexibility index (Phi) is 3.67. The van der Waals surface area contributed by atoms with Gasteiger partial charge >= 0.3 is 0 Å². The second-order valence-electron chi connectivity index (χ2n) is 5.87. The van der Waals surface area contributed by atoms with Gasteiger partial charge in [-0.1, -0.05) is 41.8 Å². The third kappa shape index (κ3) is 2.45. The van der Waals surface area contributed by atoms with Crippen molar-refractivity contribution in [2.75, 3.05) is 6.54 Å². The highest BCUT2D eigenvalue weighted by atomic mass is 15.5. The average Bonchev–Trinajstić information content (AvgIpc) is 2.44. The molecule has 3 rings (SSSR count). The van der Waals surface area contributed by atoms with Crippen LogP contribution in [0.15, 0.2) is 30.3 Å². The SMILES string of the molecule is c1ccc(C[N+]2NCCCC23CCCCC3)cc1. The van der Waals surface area contributed by atoms with E-state index in [9.17, 15) is 0 Å². The molecule has 1 aromatic carbocycles. The van der Waals surface area contributed by atoms with Crippen molar-refractivity contribution in [3.63, 3.8) is 0 Å². The minimum Gasteiger partial charge on any atom is -0.118 e. The second-order valence-corrected chi connectivity index (χ2v) is 5.87. The molecule has 18 heavy (non-hydrogen) atoms. The van der Waals surface area contributed by atoms with Gasteiger partial charge in [-0.3, -0.25) is 0 Å². The zero-order valence-electron chi connectivity index (χ0n) is 11.2. The largest absolute Gasteiger partial charge is 0.170 e. The van der Waals surface area contributed by atoms with E-state index in [4.69, 9.17) is 0 Å². The molecule has 1 aliphatic heterocycles. The van der Waals surface area contributed by atoms with Crippen LogP contribution in [0.3, 0.4) is 0 Å². The molecule has 0 atom stereocenters. The molecule has 2 aliphatic rings. The maximum Gasteiger partial charge on any atom is 0.170 e. The molecule has 2 heteroatoms. The smallest absolute Gasteiger partial charge is 0.118 e. The molecule has 97 valence electrons. The number of nitrogens with zero attached hydrogens (tertiary/aromatic N) is 1. The Hall–Kier alpha value is -0.860. The molecule has 1 heterocycles. The summed E-state index contributed by atoms with van der Waals surface area (Å²) in [4.78, 5) is 0. The molecular weight excluding hydrogens is 220 g/mol. The first-order chi connectivity index (χ1) is 8.89. The van der Waals surface area contributed by atoms with Gasteiger partial charge in [0.05, 0.1) is 6.54 Å². The minimum absolute atomic E-state index is 0.451. The topological polar surface area (TPSA) is 17.9 Å². The van der Waals surface area contributed by atoms with E-state index < -0.39 is 0 Å². The fraction of sp³-hybridized carbons (Fsp3) is 0.625. The van der Waals surface area contributed by atoms with Crippen molar-refractivity contribution in [3.05, 3.63) is 35.9 Å². The Morgan fingerprint density at radius 3 is 2.44 bits per heavy atom. The van der Waals surface area contributed by atoms with Crippen LogP contribution in [0.25, 0.3) is 0 Å². The Morgan fingerprint density at radius 2 is 1.67 bits per heavy atom. The lowest BCUT2D eigenvalue weighted by atomic mass is 9.77. The van der Waals surface area contributed by atoms with Crippen molar-refractivity contribution in [2.24, 2.45) is 0 Å². The molecule has 0 aromatic heterocycles. The van der Waals surface area contributed by atoms with E-state index in [1.807, 2.05) is 0 Å². The van der Waals surface area contributed by atoms with E-state index in [1.165, 1.54) is 50.5 Å². The molecular formula is C16H24N2+. The summed E-state index contributed by atoms with van der Waals surface area (Å²) in [7, 11) is 0. The number of hydrogen-bond acceptors (Lipinski definition) is 2. The molecule has 0 bridgehead atoms. The average molecular weight is 244 g/mol. The Labute approximate surface area is 110 Å². The highest BCUT2D eigenvalue weighted by molar-refractivity contribution is 5.16. The highest BCUT2D eigenvalue weighted by Crippen LogP contribution is 2.37. The summed E-state index contributed by atoms with van der Waals surface area (Å²) < 4.78 is 0. The third-order valence-electron chi connectivity index (χ3n) is 4.66. The van der Waals surface area contributed by atoms with Crippen LogP contribution in [-0.4, -0.2) is 12.1 Å². The molecule has 1 saturated heterocycles. The van der Waals surface area contributed by atoms with Gasteiger partial charge in [-0.25, -0.2) is 0 Å². The predicted molar refractivity (Wildman–Crippen MR) is 75.3 cm³/mol. The van der Waals surface area contributed by atoms with Crippen LogP contribution in [0.5, 0.6) is 0 Å². The zero-order valence-corrected chi connectivity index (χ0v) is 11.2. The van der Waals surface area contributed by atoms with Crippen molar-refractivity contribution < 1.29 is 0 Å².